The van der Waals surface area contributed by atoms with E-state index in [9.17, 15) is 13.6 Å². The molecule has 0 unspecified atom stereocenters. The highest BCUT2D eigenvalue weighted by Crippen LogP contribution is 2.31. The normalized spacial score (nSPS) is 11.1. The topological polar surface area (TPSA) is 41.8 Å². The molecule has 2 aromatic carbocycles. The third kappa shape index (κ3) is 3.02. The van der Waals surface area contributed by atoms with Gasteiger partial charge < -0.3 is 0 Å². The Hall–Kier alpha value is -2.43. The number of benzene rings is 2. The van der Waals surface area contributed by atoms with Gasteiger partial charge in [-0.1, -0.05) is 12.1 Å². The molecule has 0 amide bonds. The second-order valence-electron chi connectivity index (χ2n) is 4.67. The second kappa shape index (κ2) is 5.91. The summed E-state index contributed by atoms with van der Waals surface area (Å²) in [7, 11) is 1.52. The van der Waals surface area contributed by atoms with Crippen molar-refractivity contribution in [2.75, 3.05) is 7.05 Å². The fraction of sp³-hybridized carbons (Fsp3) is 0.188. The van der Waals surface area contributed by atoms with Crippen LogP contribution in [0.4, 0.5) is 14.5 Å². The molecule has 0 aliphatic heterocycles. The Balaban J connectivity index is 2.62. The lowest BCUT2D eigenvalue weighted by Crippen LogP contribution is -1.98. The molecule has 0 saturated carbocycles. The average Bonchev–Trinajstić information content (AvgIpc) is 2.41. The highest BCUT2D eigenvalue weighted by molar-refractivity contribution is 5.94. The van der Waals surface area contributed by atoms with Crippen LogP contribution in [0.1, 0.15) is 22.8 Å². The molecule has 21 heavy (non-hydrogen) atoms. The van der Waals surface area contributed by atoms with E-state index in [1.807, 2.05) is 6.92 Å². The number of aryl methyl sites for hydroxylation is 1. The number of nitrogens with zero attached hydrogens (tertiary/aromatic N) is 2. The molecule has 0 fully saturated rings. The molecule has 0 aliphatic rings. The first-order valence-electron chi connectivity index (χ1n) is 6.35. The molecule has 0 heterocycles. The summed E-state index contributed by atoms with van der Waals surface area (Å²) in [6.45, 7) is 3.10. The van der Waals surface area contributed by atoms with Crippen molar-refractivity contribution >= 4 is 11.5 Å². The Labute approximate surface area is 121 Å². The Kier molecular flexibility index (Phi) is 4.21. The maximum absolute atomic E-state index is 14.1. The van der Waals surface area contributed by atoms with E-state index >= 15 is 0 Å². The third-order valence-electron chi connectivity index (χ3n) is 3.15. The summed E-state index contributed by atoms with van der Waals surface area (Å²) in [5.41, 5.74) is 1.59. The quantitative estimate of drug-likeness (QED) is 0.587. The molecule has 0 N–H and O–H groups in total. The van der Waals surface area contributed by atoms with Gasteiger partial charge in [0.05, 0.1) is 11.3 Å². The van der Waals surface area contributed by atoms with Crippen molar-refractivity contribution < 1.29 is 13.6 Å². The monoisotopic (exact) mass is 288 g/mol. The molecular formula is C16H14F2N2O. The van der Waals surface area contributed by atoms with Gasteiger partial charge in [0.25, 0.3) is 0 Å². The van der Waals surface area contributed by atoms with Crippen LogP contribution in [0, 0.1) is 18.6 Å². The zero-order chi connectivity index (χ0) is 15.6. The number of hydrogen-bond donors (Lipinski definition) is 0. The molecule has 2 aromatic rings. The van der Waals surface area contributed by atoms with Gasteiger partial charge in [-0.15, -0.1) is 0 Å². The molecule has 0 saturated heterocycles. The number of azo groups is 1. The van der Waals surface area contributed by atoms with Crippen LogP contribution in [0.15, 0.2) is 40.6 Å². The van der Waals surface area contributed by atoms with Crippen LogP contribution in [0.25, 0.3) is 11.1 Å². The third-order valence-corrected chi connectivity index (χ3v) is 3.15. The summed E-state index contributed by atoms with van der Waals surface area (Å²) in [5, 5.41) is 7.60. The van der Waals surface area contributed by atoms with Crippen molar-refractivity contribution in [3.8, 4) is 11.1 Å². The van der Waals surface area contributed by atoms with Crippen LogP contribution in [0.2, 0.25) is 0 Å². The molecular weight excluding hydrogens is 274 g/mol. The van der Waals surface area contributed by atoms with Crippen LogP contribution < -0.4 is 0 Å². The van der Waals surface area contributed by atoms with Crippen LogP contribution in [0.5, 0.6) is 0 Å². The van der Waals surface area contributed by atoms with E-state index in [1.54, 1.807) is 18.2 Å². The summed E-state index contributed by atoms with van der Waals surface area (Å²) in [6, 6.07) is 6.98. The first-order valence-corrected chi connectivity index (χ1v) is 6.35. The average molecular weight is 288 g/mol. The molecule has 5 heteroatoms. The molecule has 108 valence electrons. The molecule has 0 radical (unpaired) electrons. The van der Waals surface area contributed by atoms with Gasteiger partial charge in [-0.05, 0) is 43.2 Å². The SMILES string of the molecule is CN=Nc1cc(-c2c(F)cc(C(C)=O)cc2F)ccc1C. The smallest absolute Gasteiger partial charge is 0.160 e. The zero-order valence-electron chi connectivity index (χ0n) is 11.9. The van der Waals surface area contributed by atoms with E-state index in [0.29, 0.717) is 11.3 Å². The lowest BCUT2D eigenvalue weighted by atomic mass is 9.99. The van der Waals surface area contributed by atoms with Gasteiger partial charge in [0.2, 0.25) is 0 Å². The summed E-state index contributed by atoms with van der Waals surface area (Å²) in [6.07, 6.45) is 0. The predicted molar refractivity (Wildman–Crippen MR) is 77.0 cm³/mol. The fourth-order valence-electron chi connectivity index (χ4n) is 2.03. The Morgan fingerprint density at radius 1 is 1.10 bits per heavy atom. The Bertz CT molecular complexity index is 716. The maximum Gasteiger partial charge on any atom is 0.160 e. The number of Topliss-reactive ketones (excluding diaryl/α,β-unsaturated/α-hetero) is 1. The highest BCUT2D eigenvalue weighted by atomic mass is 19.1. The van der Waals surface area contributed by atoms with Gasteiger partial charge in [0, 0.05) is 12.6 Å². The first-order chi connectivity index (χ1) is 9.93. The molecule has 0 aromatic heterocycles. The van der Waals surface area contributed by atoms with Crippen molar-refractivity contribution in [1.29, 1.82) is 0 Å². The van der Waals surface area contributed by atoms with Gasteiger partial charge in [-0.25, -0.2) is 8.78 Å². The van der Waals surface area contributed by atoms with E-state index in [-0.39, 0.29) is 16.9 Å². The molecule has 0 aliphatic carbocycles. The number of carbonyl (C=O) groups is 1. The molecule has 0 atom stereocenters. The van der Waals surface area contributed by atoms with Crippen molar-refractivity contribution in [2.24, 2.45) is 10.2 Å². The van der Waals surface area contributed by atoms with Crippen molar-refractivity contribution in [3.05, 3.63) is 53.1 Å². The van der Waals surface area contributed by atoms with E-state index in [2.05, 4.69) is 10.2 Å². The van der Waals surface area contributed by atoms with Gasteiger partial charge in [0.1, 0.15) is 11.6 Å². The van der Waals surface area contributed by atoms with Gasteiger partial charge in [0.15, 0.2) is 5.78 Å². The lowest BCUT2D eigenvalue weighted by Gasteiger charge is -2.09. The number of rotatable bonds is 3. The van der Waals surface area contributed by atoms with Gasteiger partial charge >= 0.3 is 0 Å². The molecule has 0 bridgehead atoms. The summed E-state index contributed by atoms with van der Waals surface area (Å²) < 4.78 is 28.3. The summed E-state index contributed by atoms with van der Waals surface area (Å²) >= 11 is 0. The van der Waals surface area contributed by atoms with Crippen LogP contribution in [0.3, 0.4) is 0 Å². The van der Waals surface area contributed by atoms with E-state index in [0.717, 1.165) is 17.7 Å². The number of carbonyl (C=O) groups excluding carboxylic acids is 1. The minimum Gasteiger partial charge on any atom is -0.295 e. The van der Waals surface area contributed by atoms with Gasteiger partial charge in [-0.2, -0.15) is 10.2 Å². The Morgan fingerprint density at radius 2 is 1.71 bits per heavy atom. The van der Waals surface area contributed by atoms with Gasteiger partial charge in [-0.3, -0.25) is 4.79 Å². The molecule has 3 nitrogen and oxygen atoms in total. The fourth-order valence-corrected chi connectivity index (χ4v) is 2.03. The van der Waals surface area contributed by atoms with E-state index < -0.39 is 11.6 Å². The first kappa shape index (κ1) is 15.0. The summed E-state index contributed by atoms with van der Waals surface area (Å²) in [4.78, 5) is 11.2. The minimum atomic E-state index is -0.775. The molecule has 0 spiro atoms. The van der Waals surface area contributed by atoms with Crippen LogP contribution in [-0.2, 0) is 0 Å². The van der Waals surface area contributed by atoms with Crippen LogP contribution in [-0.4, -0.2) is 12.8 Å². The summed E-state index contributed by atoms with van der Waals surface area (Å²) in [5.74, 6) is -1.93. The van der Waals surface area contributed by atoms with Crippen molar-refractivity contribution in [1.82, 2.24) is 0 Å². The number of halogens is 2. The molecule has 2 rings (SSSR count). The second-order valence-corrected chi connectivity index (χ2v) is 4.67. The van der Waals surface area contributed by atoms with Crippen LogP contribution >= 0.6 is 0 Å². The van der Waals surface area contributed by atoms with E-state index in [4.69, 9.17) is 0 Å². The maximum atomic E-state index is 14.1. The van der Waals surface area contributed by atoms with Crippen molar-refractivity contribution in [3.63, 3.8) is 0 Å². The van der Waals surface area contributed by atoms with Crippen molar-refractivity contribution in [2.45, 2.75) is 13.8 Å². The zero-order valence-corrected chi connectivity index (χ0v) is 11.9. The Morgan fingerprint density at radius 3 is 2.24 bits per heavy atom. The largest absolute Gasteiger partial charge is 0.295 e. The lowest BCUT2D eigenvalue weighted by molar-refractivity contribution is 0.101. The number of ketones is 1. The highest BCUT2D eigenvalue weighted by Gasteiger charge is 2.16. The minimum absolute atomic E-state index is 0.00864. The number of hydrogen-bond acceptors (Lipinski definition) is 3. The van der Waals surface area contributed by atoms with E-state index in [1.165, 1.54) is 14.0 Å². The standard InChI is InChI=1S/C16H14F2N2O/c1-9-4-5-11(8-15(9)20-19-3)16-13(17)6-12(10(2)21)7-14(16)18/h4-8H,1-3H3. The predicted octanol–water partition coefficient (Wildman–Crippen LogP) is 4.86.